The van der Waals surface area contributed by atoms with Gasteiger partial charge in [0.05, 0.1) is 11.8 Å². The van der Waals surface area contributed by atoms with Crippen LogP contribution in [0.4, 0.5) is 4.79 Å². The van der Waals surface area contributed by atoms with Crippen molar-refractivity contribution >= 4 is 11.7 Å². The van der Waals surface area contributed by atoms with Gasteiger partial charge in [-0.1, -0.05) is 0 Å². The van der Waals surface area contributed by atoms with E-state index in [2.05, 4.69) is 15.6 Å². The lowest BCUT2D eigenvalue weighted by Gasteiger charge is -2.16. The van der Waals surface area contributed by atoms with Crippen molar-refractivity contribution in [3.05, 3.63) is 12.3 Å². The minimum Gasteiger partial charge on any atom is -0.381 e. The van der Waals surface area contributed by atoms with Crippen LogP contribution in [0.25, 0.3) is 0 Å². The molecule has 52 valence electrons. The summed E-state index contributed by atoms with van der Waals surface area (Å²) in [7, 11) is 0. The van der Waals surface area contributed by atoms with Gasteiger partial charge in [0, 0.05) is 6.54 Å². The van der Waals surface area contributed by atoms with E-state index in [1.165, 1.54) is 0 Å². The third-order valence-electron chi connectivity index (χ3n) is 1.60. The number of carbonyl (C=O) groups excluding carboxylic acids is 1. The molecule has 2 amide bonds. The second kappa shape index (κ2) is 1.83. The second-order valence-corrected chi connectivity index (χ2v) is 2.28. The van der Waals surface area contributed by atoms with Crippen molar-refractivity contribution in [2.75, 3.05) is 6.54 Å². The van der Waals surface area contributed by atoms with Crippen molar-refractivity contribution in [2.45, 2.75) is 6.04 Å². The lowest BCUT2D eigenvalue weighted by Crippen LogP contribution is -2.44. The van der Waals surface area contributed by atoms with Crippen LogP contribution in [0.3, 0.4) is 0 Å². The minimum atomic E-state index is -0.236. The molecule has 0 aromatic heterocycles. The number of carbonyl (C=O) groups is 1. The molecule has 0 radical (unpaired) electrons. The molecule has 10 heavy (non-hydrogen) atoms. The molecule has 2 aliphatic heterocycles. The highest BCUT2D eigenvalue weighted by molar-refractivity contribution is 6.08. The van der Waals surface area contributed by atoms with Crippen LogP contribution in [0.1, 0.15) is 0 Å². The van der Waals surface area contributed by atoms with Crippen LogP contribution in [0.2, 0.25) is 0 Å². The Balaban J connectivity index is 2.30. The molecule has 0 bridgehead atoms. The number of hydrogen-bond donors (Lipinski definition) is 2. The molecular weight excluding hydrogens is 130 g/mol. The van der Waals surface area contributed by atoms with Gasteiger partial charge in [-0.25, -0.2) is 4.79 Å². The Hall–Kier alpha value is -1.32. The van der Waals surface area contributed by atoms with E-state index >= 15 is 0 Å². The predicted octanol–water partition coefficient (Wildman–Crippen LogP) is -0.364. The number of rotatable bonds is 0. The molecule has 0 aromatic rings. The molecule has 2 heterocycles. The summed E-state index contributed by atoms with van der Waals surface area (Å²) in [6, 6.07) is -0.0303. The summed E-state index contributed by atoms with van der Waals surface area (Å²) >= 11 is 0. The van der Waals surface area contributed by atoms with E-state index in [9.17, 15) is 4.79 Å². The second-order valence-electron chi connectivity index (χ2n) is 2.28. The molecule has 4 nitrogen and oxygen atoms in total. The average Bonchev–Trinajstić information content (AvgIpc) is 2.33. The molecule has 0 saturated carbocycles. The van der Waals surface area contributed by atoms with Crippen molar-refractivity contribution in [1.29, 1.82) is 0 Å². The quantitative estimate of drug-likeness (QED) is 0.479. The number of nitrogens with one attached hydrogen (secondary N) is 2. The Morgan fingerprint density at radius 2 is 2.60 bits per heavy atom. The molecule has 0 saturated heterocycles. The van der Waals surface area contributed by atoms with Crippen molar-refractivity contribution in [1.82, 2.24) is 10.6 Å². The summed E-state index contributed by atoms with van der Waals surface area (Å²) < 4.78 is 0. The van der Waals surface area contributed by atoms with Gasteiger partial charge < -0.3 is 10.6 Å². The third-order valence-corrected chi connectivity index (χ3v) is 1.60. The van der Waals surface area contributed by atoms with E-state index in [0.717, 1.165) is 5.71 Å². The largest absolute Gasteiger partial charge is 0.381 e. The van der Waals surface area contributed by atoms with Gasteiger partial charge in [-0.2, -0.15) is 4.99 Å². The Bertz CT molecular complexity index is 231. The molecule has 2 N–H and O–H groups in total. The Kier molecular flexibility index (Phi) is 1.00. The fourth-order valence-corrected chi connectivity index (χ4v) is 1.08. The number of hydrogen-bond acceptors (Lipinski definition) is 2. The standard InChI is InChI=1S/C6H7N3O/c10-6-8-3-5-4(9-6)1-2-7-5/h1-2,5,7H,3H2,(H,8,10). The molecule has 2 aliphatic rings. The van der Waals surface area contributed by atoms with Crippen LogP contribution in [0, 0.1) is 0 Å². The number of urea groups is 1. The SMILES string of the molecule is O=C1N=C2C=CNC2CN1. The number of nitrogens with zero attached hydrogens (tertiary/aromatic N) is 1. The number of fused-ring (bicyclic) bond motifs is 1. The molecule has 0 fully saturated rings. The van der Waals surface area contributed by atoms with E-state index < -0.39 is 0 Å². The monoisotopic (exact) mass is 137 g/mol. The summed E-state index contributed by atoms with van der Waals surface area (Å²) in [6.45, 7) is 0.644. The van der Waals surface area contributed by atoms with Gasteiger partial charge in [0.2, 0.25) is 0 Å². The van der Waals surface area contributed by atoms with Crippen LogP contribution in [-0.4, -0.2) is 24.3 Å². The first-order valence-electron chi connectivity index (χ1n) is 3.15. The number of aliphatic imine (C=N–C) groups is 1. The molecule has 0 aromatic carbocycles. The molecule has 2 rings (SSSR count). The van der Waals surface area contributed by atoms with Crippen molar-refractivity contribution in [2.24, 2.45) is 4.99 Å². The van der Waals surface area contributed by atoms with E-state index in [1.54, 1.807) is 0 Å². The average molecular weight is 137 g/mol. The summed E-state index contributed by atoms with van der Waals surface area (Å²) in [4.78, 5) is 14.4. The molecule has 0 aliphatic carbocycles. The maximum absolute atomic E-state index is 10.6. The van der Waals surface area contributed by atoms with Crippen LogP contribution in [-0.2, 0) is 0 Å². The summed E-state index contributed by atoms with van der Waals surface area (Å²) in [5, 5.41) is 5.68. The van der Waals surface area contributed by atoms with Crippen molar-refractivity contribution in [3.8, 4) is 0 Å². The zero-order valence-electron chi connectivity index (χ0n) is 5.29. The van der Waals surface area contributed by atoms with Gasteiger partial charge in [0.25, 0.3) is 0 Å². The molecule has 1 unspecified atom stereocenters. The Labute approximate surface area is 58.0 Å². The van der Waals surface area contributed by atoms with Gasteiger partial charge in [0.1, 0.15) is 0 Å². The first-order chi connectivity index (χ1) is 4.86. The topological polar surface area (TPSA) is 53.5 Å². The van der Waals surface area contributed by atoms with Gasteiger partial charge in [0.15, 0.2) is 0 Å². The molecule has 4 heteroatoms. The minimum absolute atomic E-state index is 0.206. The van der Waals surface area contributed by atoms with Gasteiger partial charge in [-0.05, 0) is 12.3 Å². The molecule has 0 spiro atoms. The zero-order chi connectivity index (χ0) is 6.97. The maximum atomic E-state index is 10.6. The zero-order valence-corrected chi connectivity index (χ0v) is 5.29. The first-order valence-corrected chi connectivity index (χ1v) is 3.15. The fourth-order valence-electron chi connectivity index (χ4n) is 1.08. The highest BCUT2D eigenvalue weighted by Crippen LogP contribution is 2.02. The number of amides is 2. The van der Waals surface area contributed by atoms with Gasteiger partial charge in [-0.3, -0.25) is 0 Å². The predicted molar refractivity (Wildman–Crippen MR) is 36.9 cm³/mol. The summed E-state index contributed by atoms with van der Waals surface area (Å²) in [5.74, 6) is 0. The Morgan fingerprint density at radius 1 is 1.70 bits per heavy atom. The molecular formula is C6H7N3O. The van der Waals surface area contributed by atoms with Crippen molar-refractivity contribution in [3.63, 3.8) is 0 Å². The third kappa shape index (κ3) is 0.689. The summed E-state index contributed by atoms with van der Waals surface area (Å²) in [6.07, 6.45) is 3.63. The van der Waals surface area contributed by atoms with Crippen LogP contribution < -0.4 is 10.6 Å². The van der Waals surface area contributed by atoms with Crippen LogP contribution >= 0.6 is 0 Å². The van der Waals surface area contributed by atoms with Crippen LogP contribution in [0.15, 0.2) is 17.3 Å². The lowest BCUT2D eigenvalue weighted by atomic mass is 10.2. The van der Waals surface area contributed by atoms with Crippen LogP contribution in [0.5, 0.6) is 0 Å². The van der Waals surface area contributed by atoms with Gasteiger partial charge >= 0.3 is 6.03 Å². The van der Waals surface area contributed by atoms with E-state index in [-0.39, 0.29) is 12.1 Å². The van der Waals surface area contributed by atoms with Gasteiger partial charge in [-0.15, -0.1) is 0 Å². The van der Waals surface area contributed by atoms with E-state index in [1.807, 2.05) is 12.3 Å². The Morgan fingerprint density at radius 3 is 3.50 bits per heavy atom. The fraction of sp³-hybridized carbons (Fsp3) is 0.333. The normalized spacial score (nSPS) is 28.6. The summed E-state index contributed by atoms with van der Waals surface area (Å²) in [5.41, 5.74) is 0.837. The molecule has 1 atom stereocenters. The smallest absolute Gasteiger partial charge is 0.341 e. The first kappa shape index (κ1) is 5.46. The van der Waals surface area contributed by atoms with E-state index in [4.69, 9.17) is 0 Å². The van der Waals surface area contributed by atoms with E-state index in [0.29, 0.717) is 6.54 Å². The lowest BCUT2D eigenvalue weighted by molar-refractivity contribution is 0.247. The van der Waals surface area contributed by atoms with Crippen molar-refractivity contribution < 1.29 is 4.79 Å². The highest BCUT2D eigenvalue weighted by atomic mass is 16.2. The maximum Gasteiger partial charge on any atom is 0.341 e. The highest BCUT2D eigenvalue weighted by Gasteiger charge is 2.22.